The number of amides is 1. The summed E-state index contributed by atoms with van der Waals surface area (Å²) in [6, 6.07) is 6.27. The number of carbonyl (C=O) groups excluding carboxylic acids is 1. The molecule has 116 valence electrons. The normalized spacial score (nSPS) is 10.4. The van der Waals surface area contributed by atoms with E-state index in [2.05, 4.69) is 12.2 Å². The minimum absolute atomic E-state index is 0.0192. The van der Waals surface area contributed by atoms with Crippen LogP contribution in [0.2, 0.25) is 0 Å². The molecule has 0 fully saturated rings. The molecule has 21 heavy (non-hydrogen) atoms. The number of hydrogen-bond acceptors (Lipinski definition) is 4. The van der Waals surface area contributed by atoms with Crippen LogP contribution in [0, 0.1) is 0 Å². The highest BCUT2D eigenvalue weighted by molar-refractivity contribution is 5.87. The van der Waals surface area contributed by atoms with Crippen molar-refractivity contribution >= 4 is 11.9 Å². The maximum Gasteiger partial charge on any atom is 0.335 e. The van der Waals surface area contributed by atoms with Gasteiger partial charge < -0.3 is 15.2 Å². The fraction of sp³-hybridized carbons (Fsp3) is 0.467. The lowest BCUT2D eigenvalue weighted by Gasteiger charge is -2.20. The van der Waals surface area contributed by atoms with E-state index in [4.69, 9.17) is 9.84 Å². The summed E-state index contributed by atoms with van der Waals surface area (Å²) in [7, 11) is 1.62. The third-order valence-corrected chi connectivity index (χ3v) is 2.96. The van der Waals surface area contributed by atoms with Crippen LogP contribution < -0.4 is 10.1 Å². The molecule has 0 aliphatic heterocycles. The second-order valence-electron chi connectivity index (χ2n) is 4.63. The Morgan fingerprint density at radius 3 is 2.43 bits per heavy atom. The number of likely N-dealkylation sites (N-methyl/N-ethyl adjacent to an activating group) is 1. The van der Waals surface area contributed by atoms with Crippen molar-refractivity contribution in [1.82, 2.24) is 10.2 Å². The maximum atomic E-state index is 11.4. The summed E-state index contributed by atoms with van der Waals surface area (Å²) in [6.45, 7) is 4.33. The lowest BCUT2D eigenvalue weighted by Crippen LogP contribution is -2.38. The number of carboxylic acid groups (broad SMARTS) is 1. The highest BCUT2D eigenvalue weighted by atomic mass is 16.5. The minimum atomic E-state index is -0.957. The minimum Gasteiger partial charge on any atom is -0.492 e. The zero-order valence-corrected chi connectivity index (χ0v) is 12.5. The standard InChI is InChI=1S/C15H22N2O4/c1-3-8-17(11-14(18)16-2)9-10-21-13-6-4-12(5-7-13)15(19)20/h4-7H,3,8-11H2,1-2H3,(H,16,18)(H,19,20). The van der Waals surface area contributed by atoms with Crippen LogP contribution >= 0.6 is 0 Å². The van der Waals surface area contributed by atoms with Gasteiger partial charge in [-0.3, -0.25) is 9.69 Å². The number of ether oxygens (including phenoxy) is 1. The molecule has 0 atom stereocenters. The van der Waals surface area contributed by atoms with Gasteiger partial charge in [0.15, 0.2) is 0 Å². The van der Waals surface area contributed by atoms with E-state index >= 15 is 0 Å². The molecule has 1 rings (SSSR count). The molecular weight excluding hydrogens is 272 g/mol. The molecule has 0 radical (unpaired) electrons. The molecule has 0 aliphatic carbocycles. The number of carboxylic acids is 1. The molecule has 0 saturated carbocycles. The lowest BCUT2D eigenvalue weighted by atomic mass is 10.2. The fourth-order valence-corrected chi connectivity index (χ4v) is 1.85. The van der Waals surface area contributed by atoms with Crippen molar-refractivity contribution in [2.75, 3.05) is 33.3 Å². The SMILES string of the molecule is CCCN(CCOc1ccc(C(=O)O)cc1)CC(=O)NC. The van der Waals surface area contributed by atoms with E-state index in [1.54, 1.807) is 19.2 Å². The average molecular weight is 294 g/mol. The molecule has 0 unspecified atom stereocenters. The van der Waals surface area contributed by atoms with Crippen molar-refractivity contribution in [3.8, 4) is 5.75 Å². The predicted octanol–water partition coefficient (Wildman–Crippen LogP) is 1.22. The van der Waals surface area contributed by atoms with Crippen molar-refractivity contribution in [2.24, 2.45) is 0 Å². The second-order valence-corrected chi connectivity index (χ2v) is 4.63. The Labute approximate surface area is 124 Å². The van der Waals surface area contributed by atoms with Crippen LogP contribution in [0.5, 0.6) is 5.75 Å². The van der Waals surface area contributed by atoms with Crippen molar-refractivity contribution in [3.05, 3.63) is 29.8 Å². The Hall–Kier alpha value is -2.08. The van der Waals surface area contributed by atoms with Gasteiger partial charge in [0.25, 0.3) is 0 Å². The first-order chi connectivity index (χ1) is 10.1. The molecule has 0 spiro atoms. The number of nitrogens with one attached hydrogen (secondary N) is 1. The van der Waals surface area contributed by atoms with Crippen molar-refractivity contribution < 1.29 is 19.4 Å². The number of aromatic carboxylic acids is 1. The molecule has 0 bridgehead atoms. The van der Waals surface area contributed by atoms with Crippen LogP contribution in [0.15, 0.2) is 24.3 Å². The molecule has 1 amide bonds. The van der Waals surface area contributed by atoms with Gasteiger partial charge in [0, 0.05) is 13.6 Å². The van der Waals surface area contributed by atoms with E-state index in [0.29, 0.717) is 25.4 Å². The van der Waals surface area contributed by atoms with Gasteiger partial charge in [-0.05, 0) is 37.2 Å². The van der Waals surface area contributed by atoms with Gasteiger partial charge in [0.2, 0.25) is 5.91 Å². The monoisotopic (exact) mass is 294 g/mol. The van der Waals surface area contributed by atoms with Gasteiger partial charge in [0.05, 0.1) is 12.1 Å². The summed E-state index contributed by atoms with van der Waals surface area (Å²) in [5, 5.41) is 11.4. The Bertz CT molecular complexity index is 459. The van der Waals surface area contributed by atoms with Gasteiger partial charge in [-0.2, -0.15) is 0 Å². The third-order valence-electron chi connectivity index (χ3n) is 2.96. The smallest absolute Gasteiger partial charge is 0.335 e. The first-order valence-electron chi connectivity index (χ1n) is 6.96. The Kier molecular flexibility index (Phi) is 7.25. The van der Waals surface area contributed by atoms with Crippen LogP contribution in [-0.2, 0) is 4.79 Å². The molecule has 0 aliphatic rings. The van der Waals surface area contributed by atoms with E-state index in [1.807, 2.05) is 4.90 Å². The van der Waals surface area contributed by atoms with Crippen LogP contribution in [0.25, 0.3) is 0 Å². The summed E-state index contributed by atoms with van der Waals surface area (Å²) in [5.74, 6) is -0.355. The van der Waals surface area contributed by atoms with Gasteiger partial charge >= 0.3 is 5.97 Å². The van der Waals surface area contributed by atoms with Crippen LogP contribution in [0.4, 0.5) is 0 Å². The molecule has 2 N–H and O–H groups in total. The molecule has 6 nitrogen and oxygen atoms in total. The quantitative estimate of drug-likeness (QED) is 0.716. The largest absolute Gasteiger partial charge is 0.492 e. The summed E-state index contributed by atoms with van der Waals surface area (Å²) in [5.41, 5.74) is 0.231. The molecule has 6 heteroatoms. The fourth-order valence-electron chi connectivity index (χ4n) is 1.85. The van der Waals surface area contributed by atoms with Crippen molar-refractivity contribution in [1.29, 1.82) is 0 Å². The van der Waals surface area contributed by atoms with E-state index in [1.165, 1.54) is 12.1 Å². The molecular formula is C15H22N2O4. The Morgan fingerprint density at radius 2 is 1.90 bits per heavy atom. The first-order valence-corrected chi connectivity index (χ1v) is 6.96. The van der Waals surface area contributed by atoms with E-state index < -0.39 is 5.97 Å². The van der Waals surface area contributed by atoms with Crippen LogP contribution in [-0.4, -0.2) is 55.2 Å². The number of benzene rings is 1. The van der Waals surface area contributed by atoms with E-state index in [9.17, 15) is 9.59 Å². The number of rotatable bonds is 9. The molecule has 0 heterocycles. The number of hydrogen-bond donors (Lipinski definition) is 2. The zero-order chi connectivity index (χ0) is 15.7. The third kappa shape index (κ3) is 6.27. The van der Waals surface area contributed by atoms with E-state index in [-0.39, 0.29) is 11.5 Å². The number of carbonyl (C=O) groups is 2. The Balaban J connectivity index is 2.42. The average Bonchev–Trinajstić information content (AvgIpc) is 2.47. The molecule has 1 aromatic carbocycles. The predicted molar refractivity (Wildman–Crippen MR) is 79.7 cm³/mol. The van der Waals surface area contributed by atoms with Gasteiger partial charge in [-0.15, -0.1) is 0 Å². The van der Waals surface area contributed by atoms with Crippen molar-refractivity contribution in [2.45, 2.75) is 13.3 Å². The first kappa shape index (κ1) is 17.0. The zero-order valence-electron chi connectivity index (χ0n) is 12.5. The summed E-state index contributed by atoms with van der Waals surface area (Å²) in [6.07, 6.45) is 0.963. The molecule has 0 saturated heterocycles. The molecule has 1 aromatic rings. The Morgan fingerprint density at radius 1 is 1.24 bits per heavy atom. The van der Waals surface area contributed by atoms with E-state index in [0.717, 1.165) is 13.0 Å². The molecule has 0 aromatic heterocycles. The van der Waals surface area contributed by atoms with Crippen molar-refractivity contribution in [3.63, 3.8) is 0 Å². The summed E-state index contributed by atoms with van der Waals surface area (Å²) < 4.78 is 5.57. The summed E-state index contributed by atoms with van der Waals surface area (Å²) >= 11 is 0. The maximum absolute atomic E-state index is 11.4. The van der Waals surface area contributed by atoms with Crippen LogP contribution in [0.3, 0.4) is 0 Å². The topological polar surface area (TPSA) is 78.9 Å². The highest BCUT2D eigenvalue weighted by Crippen LogP contribution is 2.12. The second kappa shape index (κ2) is 8.97. The number of nitrogens with zero attached hydrogens (tertiary/aromatic N) is 1. The van der Waals surface area contributed by atoms with Crippen LogP contribution in [0.1, 0.15) is 23.7 Å². The lowest BCUT2D eigenvalue weighted by molar-refractivity contribution is -0.121. The highest BCUT2D eigenvalue weighted by Gasteiger charge is 2.09. The summed E-state index contributed by atoms with van der Waals surface area (Å²) in [4.78, 5) is 24.1. The van der Waals surface area contributed by atoms with Gasteiger partial charge in [-0.25, -0.2) is 4.79 Å². The van der Waals surface area contributed by atoms with Gasteiger partial charge in [-0.1, -0.05) is 6.92 Å². The van der Waals surface area contributed by atoms with Gasteiger partial charge in [0.1, 0.15) is 12.4 Å².